The number of aryl methyl sites for hydroxylation is 1. The summed E-state index contributed by atoms with van der Waals surface area (Å²) in [6, 6.07) is 8.03. The molecule has 1 aromatic rings. The smallest absolute Gasteiger partial charge is 0.0408 e. The number of rotatable bonds is 1. The average Bonchev–Trinajstić information content (AvgIpc) is 1.89. The summed E-state index contributed by atoms with van der Waals surface area (Å²) in [5, 5.41) is 0. The second kappa shape index (κ2) is 2.83. The molecule has 0 spiro atoms. The summed E-state index contributed by atoms with van der Waals surface area (Å²) in [5.41, 5.74) is 1.27. The minimum Gasteiger partial charge on any atom is -0.0798 e. The summed E-state index contributed by atoms with van der Waals surface area (Å²) in [4.78, 5) is 0.986. The highest BCUT2D eigenvalue weighted by atomic mass is 32.1. The molecule has 0 saturated carbocycles. The fourth-order valence-corrected chi connectivity index (χ4v) is 1.09. The second-order valence-electron chi connectivity index (χ2n) is 1.96. The van der Waals surface area contributed by atoms with E-state index >= 15 is 0 Å². The van der Waals surface area contributed by atoms with Crippen molar-refractivity contribution >= 4 is 12.6 Å². The first-order valence-corrected chi connectivity index (χ1v) is 3.50. The first-order chi connectivity index (χ1) is 4.34. The van der Waals surface area contributed by atoms with Crippen LogP contribution in [0.3, 0.4) is 0 Å². The van der Waals surface area contributed by atoms with Crippen LogP contribution in [0, 0.1) is 0 Å². The monoisotopic (exact) mass is 137 g/mol. The molecule has 0 aliphatic carbocycles. The lowest BCUT2D eigenvalue weighted by molar-refractivity contribution is 1.09. The summed E-state index contributed by atoms with van der Waals surface area (Å²) < 4.78 is 0. The quantitative estimate of drug-likeness (QED) is 0.558. The van der Waals surface area contributed by atoms with E-state index in [2.05, 4.69) is 13.0 Å². The Morgan fingerprint density at radius 1 is 1.33 bits per heavy atom. The van der Waals surface area contributed by atoms with E-state index in [4.69, 9.17) is 12.6 Å². The zero-order chi connectivity index (χ0) is 6.69. The van der Waals surface area contributed by atoms with Crippen molar-refractivity contribution in [3.05, 3.63) is 29.8 Å². The molecule has 1 heteroatoms. The fraction of sp³-hybridized carbons (Fsp3) is 0.250. The molecule has 1 rings (SSSR count). The minimum atomic E-state index is 0.986. The third-order valence-electron chi connectivity index (χ3n) is 1.35. The van der Waals surface area contributed by atoms with E-state index in [1.54, 1.807) is 0 Å². The van der Waals surface area contributed by atoms with Crippen LogP contribution in [0.2, 0.25) is 0 Å². The normalized spacial score (nSPS) is 9.44. The Labute approximate surface area is 61.3 Å². The molecule has 0 aliphatic rings. The third kappa shape index (κ3) is 1.42. The zero-order valence-corrected chi connectivity index (χ0v) is 6.24. The Bertz CT molecular complexity index is 194. The van der Waals surface area contributed by atoms with E-state index < -0.39 is 0 Å². The maximum Gasteiger partial charge on any atom is 0.0408 e. The molecule has 0 fully saturated rings. The van der Waals surface area contributed by atoms with Gasteiger partial charge in [0, 0.05) is 4.90 Å². The Balaban J connectivity index is 3.01. The first-order valence-electron chi connectivity index (χ1n) is 3.09. The van der Waals surface area contributed by atoms with Crippen LogP contribution in [-0.2, 0) is 6.42 Å². The molecule has 0 aliphatic heterocycles. The van der Waals surface area contributed by atoms with Gasteiger partial charge in [-0.15, -0.1) is 0 Å². The van der Waals surface area contributed by atoms with E-state index in [9.17, 15) is 0 Å². The van der Waals surface area contributed by atoms with Gasteiger partial charge in [-0.3, -0.25) is 0 Å². The highest BCUT2D eigenvalue weighted by Crippen LogP contribution is 2.12. The van der Waals surface area contributed by atoms with E-state index in [-0.39, 0.29) is 0 Å². The van der Waals surface area contributed by atoms with Crippen molar-refractivity contribution in [2.45, 2.75) is 18.2 Å². The van der Waals surface area contributed by atoms with E-state index in [0.717, 1.165) is 11.3 Å². The molecule has 0 bridgehead atoms. The predicted molar refractivity (Wildman–Crippen MR) is 41.7 cm³/mol. The van der Waals surface area contributed by atoms with Crippen LogP contribution < -0.4 is 0 Å². The summed E-state index contributed by atoms with van der Waals surface area (Å²) in [6.45, 7) is 2.12. The van der Waals surface area contributed by atoms with Crippen LogP contribution in [0.15, 0.2) is 29.2 Å². The Hall–Kier alpha value is -0.560. The molecule has 1 radical (unpaired) electrons. The van der Waals surface area contributed by atoms with Crippen LogP contribution >= 0.6 is 12.6 Å². The van der Waals surface area contributed by atoms with Gasteiger partial charge in [-0.25, -0.2) is 0 Å². The largest absolute Gasteiger partial charge is 0.0798 e. The molecule has 9 heavy (non-hydrogen) atoms. The van der Waals surface area contributed by atoms with Gasteiger partial charge in [0.25, 0.3) is 0 Å². The molecule has 47 valence electrons. The average molecular weight is 137 g/mol. The van der Waals surface area contributed by atoms with Gasteiger partial charge >= 0.3 is 0 Å². The molecule has 0 atom stereocenters. The standard InChI is InChI=1S/C8H9S/c1-2-7-5-3-4-6-8(7)9/h3-6H,2H2,1H3. The lowest BCUT2D eigenvalue weighted by atomic mass is 10.2. The molecule has 0 unspecified atom stereocenters. The van der Waals surface area contributed by atoms with Crippen LogP contribution in [0.1, 0.15) is 12.5 Å². The second-order valence-corrected chi connectivity index (χ2v) is 2.40. The maximum atomic E-state index is 5.05. The SMILES string of the molecule is CCc1ccccc1[S]. The van der Waals surface area contributed by atoms with Gasteiger partial charge in [-0.2, -0.15) is 0 Å². The topological polar surface area (TPSA) is 0 Å². The Morgan fingerprint density at radius 3 is 2.44 bits per heavy atom. The van der Waals surface area contributed by atoms with Gasteiger partial charge in [-0.1, -0.05) is 37.8 Å². The minimum absolute atomic E-state index is 0.986. The molecular weight excluding hydrogens is 128 g/mol. The molecule has 0 amide bonds. The molecule has 0 nitrogen and oxygen atoms in total. The van der Waals surface area contributed by atoms with Crippen LogP contribution in [0.4, 0.5) is 0 Å². The first kappa shape index (κ1) is 6.56. The van der Waals surface area contributed by atoms with E-state index in [1.165, 1.54) is 5.56 Å². The maximum absolute atomic E-state index is 5.05. The van der Waals surface area contributed by atoms with Gasteiger partial charge in [0.1, 0.15) is 0 Å². The highest BCUT2D eigenvalue weighted by molar-refractivity contribution is 7.80. The van der Waals surface area contributed by atoms with Crippen molar-refractivity contribution in [1.82, 2.24) is 0 Å². The lowest BCUT2D eigenvalue weighted by Crippen LogP contribution is -1.79. The summed E-state index contributed by atoms with van der Waals surface area (Å²) in [6.07, 6.45) is 1.04. The summed E-state index contributed by atoms with van der Waals surface area (Å²) in [7, 11) is 0. The van der Waals surface area contributed by atoms with Crippen molar-refractivity contribution in [3.8, 4) is 0 Å². The van der Waals surface area contributed by atoms with Crippen LogP contribution in [-0.4, -0.2) is 0 Å². The van der Waals surface area contributed by atoms with Gasteiger partial charge in [0.15, 0.2) is 0 Å². The molecule has 0 N–H and O–H groups in total. The van der Waals surface area contributed by atoms with Gasteiger partial charge in [0.05, 0.1) is 0 Å². The fourth-order valence-electron chi connectivity index (χ4n) is 0.796. The van der Waals surface area contributed by atoms with Crippen molar-refractivity contribution in [3.63, 3.8) is 0 Å². The molecule has 0 saturated heterocycles. The lowest BCUT2D eigenvalue weighted by Gasteiger charge is -1.96. The third-order valence-corrected chi connectivity index (χ3v) is 1.75. The van der Waals surface area contributed by atoms with Crippen molar-refractivity contribution in [1.29, 1.82) is 0 Å². The van der Waals surface area contributed by atoms with E-state index in [1.807, 2.05) is 18.2 Å². The van der Waals surface area contributed by atoms with Crippen molar-refractivity contribution in [2.24, 2.45) is 0 Å². The van der Waals surface area contributed by atoms with Gasteiger partial charge in [0.2, 0.25) is 0 Å². The molecule has 1 aromatic carbocycles. The molecular formula is C8H9S. The number of hydrogen-bond donors (Lipinski definition) is 0. The van der Waals surface area contributed by atoms with Gasteiger partial charge < -0.3 is 0 Å². The Kier molecular flexibility index (Phi) is 2.06. The zero-order valence-electron chi connectivity index (χ0n) is 5.42. The Morgan fingerprint density at radius 2 is 2.00 bits per heavy atom. The molecule has 0 aromatic heterocycles. The number of hydrogen-bond acceptors (Lipinski definition) is 0. The van der Waals surface area contributed by atoms with Crippen molar-refractivity contribution < 1.29 is 0 Å². The highest BCUT2D eigenvalue weighted by Gasteiger charge is 1.91. The predicted octanol–water partition coefficient (Wildman–Crippen LogP) is 2.81. The number of benzene rings is 1. The van der Waals surface area contributed by atoms with E-state index in [0.29, 0.717) is 0 Å². The summed E-state index contributed by atoms with van der Waals surface area (Å²) >= 11 is 5.05. The van der Waals surface area contributed by atoms with Gasteiger partial charge in [-0.05, 0) is 18.1 Å². The van der Waals surface area contributed by atoms with Crippen LogP contribution in [0.25, 0.3) is 0 Å². The van der Waals surface area contributed by atoms with Crippen LogP contribution in [0.5, 0.6) is 0 Å². The van der Waals surface area contributed by atoms with Crippen molar-refractivity contribution in [2.75, 3.05) is 0 Å². The molecule has 0 heterocycles. The summed E-state index contributed by atoms with van der Waals surface area (Å²) in [5.74, 6) is 0.